The third-order valence-electron chi connectivity index (χ3n) is 3.24. The molecule has 0 aliphatic carbocycles. The van der Waals surface area contributed by atoms with Crippen molar-refractivity contribution in [2.75, 3.05) is 13.7 Å². The second-order valence-electron chi connectivity index (χ2n) is 5.02. The van der Waals surface area contributed by atoms with Crippen molar-refractivity contribution in [3.05, 3.63) is 65.0 Å². The van der Waals surface area contributed by atoms with E-state index in [2.05, 4.69) is 5.32 Å². The van der Waals surface area contributed by atoms with Crippen LogP contribution in [0.5, 0.6) is 5.75 Å². The molecular weight excluding hydrogens is 307 g/mol. The van der Waals surface area contributed by atoms with Crippen molar-refractivity contribution in [2.24, 2.45) is 0 Å². The minimum absolute atomic E-state index is 0.119. The summed E-state index contributed by atoms with van der Waals surface area (Å²) in [6.07, 6.45) is 0.315. The Hall–Kier alpha value is -2.50. The first-order valence-corrected chi connectivity index (χ1v) is 7.02. The quantitative estimate of drug-likeness (QED) is 0.887. The van der Waals surface area contributed by atoms with Gasteiger partial charge in [-0.25, -0.2) is 13.2 Å². The van der Waals surface area contributed by atoms with Gasteiger partial charge in [0.15, 0.2) is 11.6 Å². The molecule has 1 N–H and O–H groups in total. The van der Waals surface area contributed by atoms with Gasteiger partial charge in [-0.15, -0.1) is 0 Å². The van der Waals surface area contributed by atoms with Gasteiger partial charge >= 0.3 is 0 Å². The minimum atomic E-state index is -0.721. The van der Waals surface area contributed by atoms with E-state index in [0.717, 1.165) is 18.2 Å². The summed E-state index contributed by atoms with van der Waals surface area (Å²) in [6.45, 7) is 0.294. The largest absolute Gasteiger partial charge is 0.494 e. The minimum Gasteiger partial charge on any atom is -0.494 e. The van der Waals surface area contributed by atoms with Crippen LogP contribution < -0.4 is 10.1 Å². The van der Waals surface area contributed by atoms with Crippen LogP contribution in [-0.2, 0) is 17.6 Å². The fourth-order valence-electron chi connectivity index (χ4n) is 2.17. The van der Waals surface area contributed by atoms with Gasteiger partial charge in [-0.05, 0) is 41.8 Å². The molecule has 0 spiro atoms. The SMILES string of the molecule is COc1ccc(CCNC(=O)Cc2cc(F)cc(F)c2)cc1F. The number of hydrogen-bond acceptors (Lipinski definition) is 2. The smallest absolute Gasteiger partial charge is 0.224 e. The van der Waals surface area contributed by atoms with E-state index in [1.165, 1.54) is 19.2 Å². The van der Waals surface area contributed by atoms with Crippen molar-refractivity contribution in [3.63, 3.8) is 0 Å². The lowest BCUT2D eigenvalue weighted by molar-refractivity contribution is -0.120. The maximum atomic E-state index is 13.5. The number of halogens is 3. The molecule has 2 aromatic carbocycles. The first-order chi connectivity index (χ1) is 11.0. The summed E-state index contributed by atoms with van der Waals surface area (Å²) in [4.78, 5) is 11.7. The lowest BCUT2D eigenvalue weighted by Gasteiger charge is -2.07. The van der Waals surface area contributed by atoms with Crippen LogP contribution in [0.3, 0.4) is 0 Å². The lowest BCUT2D eigenvalue weighted by atomic mass is 10.1. The molecule has 6 heteroatoms. The molecule has 2 aromatic rings. The molecule has 1 amide bonds. The number of ether oxygens (including phenoxy) is 1. The zero-order valence-corrected chi connectivity index (χ0v) is 12.5. The molecule has 122 valence electrons. The summed E-state index contributed by atoms with van der Waals surface area (Å²) in [6, 6.07) is 7.54. The van der Waals surface area contributed by atoms with E-state index in [1.807, 2.05) is 0 Å². The highest BCUT2D eigenvalue weighted by Crippen LogP contribution is 2.17. The summed E-state index contributed by atoms with van der Waals surface area (Å²) >= 11 is 0. The number of nitrogens with one attached hydrogen (secondary N) is 1. The van der Waals surface area contributed by atoms with E-state index in [0.29, 0.717) is 18.5 Å². The number of carbonyl (C=O) groups excluding carboxylic acids is 1. The normalized spacial score (nSPS) is 10.4. The molecular formula is C17H16F3NO2. The van der Waals surface area contributed by atoms with E-state index in [-0.39, 0.29) is 23.6 Å². The Morgan fingerprint density at radius 3 is 2.35 bits per heavy atom. The fraction of sp³-hybridized carbons (Fsp3) is 0.235. The van der Waals surface area contributed by atoms with Crippen LogP contribution in [0.25, 0.3) is 0 Å². The molecule has 0 bridgehead atoms. The Morgan fingerprint density at radius 1 is 1.04 bits per heavy atom. The van der Waals surface area contributed by atoms with Gasteiger partial charge in [0.2, 0.25) is 5.91 Å². The van der Waals surface area contributed by atoms with Crippen LogP contribution in [0.1, 0.15) is 11.1 Å². The summed E-state index contributed by atoms with van der Waals surface area (Å²) in [5.74, 6) is -2.11. The molecule has 0 radical (unpaired) electrons. The predicted octanol–water partition coefficient (Wildman–Crippen LogP) is 3.01. The van der Waals surface area contributed by atoms with Crippen molar-refractivity contribution in [1.29, 1.82) is 0 Å². The molecule has 23 heavy (non-hydrogen) atoms. The average molecular weight is 323 g/mol. The number of carbonyl (C=O) groups is 1. The van der Waals surface area contributed by atoms with Crippen molar-refractivity contribution >= 4 is 5.91 Å². The Kier molecular flexibility index (Phi) is 5.62. The zero-order chi connectivity index (χ0) is 16.8. The molecule has 0 aliphatic heterocycles. The van der Waals surface area contributed by atoms with Crippen LogP contribution in [0, 0.1) is 17.5 Å². The highest BCUT2D eigenvalue weighted by atomic mass is 19.1. The Balaban J connectivity index is 1.84. The first-order valence-electron chi connectivity index (χ1n) is 7.02. The van der Waals surface area contributed by atoms with E-state index in [9.17, 15) is 18.0 Å². The van der Waals surface area contributed by atoms with Crippen LogP contribution in [0.15, 0.2) is 36.4 Å². The van der Waals surface area contributed by atoms with Gasteiger partial charge in [0.25, 0.3) is 0 Å². The molecule has 0 saturated heterocycles. The second kappa shape index (κ2) is 7.67. The number of hydrogen-bond donors (Lipinski definition) is 1. The Bertz CT molecular complexity index is 684. The highest BCUT2D eigenvalue weighted by Gasteiger charge is 2.07. The summed E-state index contributed by atoms with van der Waals surface area (Å²) < 4.78 is 44.4. The first kappa shape index (κ1) is 16.9. The zero-order valence-electron chi connectivity index (χ0n) is 12.5. The van der Waals surface area contributed by atoms with Crippen molar-refractivity contribution in [1.82, 2.24) is 5.32 Å². The maximum absolute atomic E-state index is 13.5. The van der Waals surface area contributed by atoms with Gasteiger partial charge < -0.3 is 10.1 Å². The number of amides is 1. The van der Waals surface area contributed by atoms with Gasteiger partial charge in [0, 0.05) is 12.6 Å². The van der Waals surface area contributed by atoms with Crippen LogP contribution >= 0.6 is 0 Å². The Labute approximate surface area is 132 Å². The summed E-state index contributed by atoms with van der Waals surface area (Å²) in [5, 5.41) is 2.63. The lowest BCUT2D eigenvalue weighted by Crippen LogP contribution is -2.27. The van der Waals surface area contributed by atoms with E-state index in [4.69, 9.17) is 4.74 Å². The molecule has 0 heterocycles. The van der Waals surface area contributed by atoms with Crippen molar-refractivity contribution < 1.29 is 22.7 Å². The Morgan fingerprint density at radius 2 is 1.74 bits per heavy atom. The molecule has 3 nitrogen and oxygen atoms in total. The fourth-order valence-corrected chi connectivity index (χ4v) is 2.17. The standard InChI is InChI=1S/C17H16F3NO2/c1-23-16-3-2-11(8-15(16)20)4-5-21-17(22)9-12-6-13(18)10-14(19)7-12/h2-3,6-8,10H,4-5,9H2,1H3,(H,21,22). The van der Waals surface area contributed by atoms with Crippen molar-refractivity contribution in [2.45, 2.75) is 12.8 Å². The van der Waals surface area contributed by atoms with Gasteiger partial charge in [0.05, 0.1) is 13.5 Å². The van der Waals surface area contributed by atoms with Gasteiger partial charge in [0.1, 0.15) is 11.6 Å². The van der Waals surface area contributed by atoms with Crippen molar-refractivity contribution in [3.8, 4) is 5.75 Å². The maximum Gasteiger partial charge on any atom is 0.224 e. The topological polar surface area (TPSA) is 38.3 Å². The summed E-state index contributed by atoms with van der Waals surface area (Å²) in [7, 11) is 1.38. The molecule has 0 aliphatic rings. The molecule has 0 fully saturated rings. The molecule has 0 unspecified atom stereocenters. The number of methoxy groups -OCH3 is 1. The number of rotatable bonds is 6. The van der Waals surface area contributed by atoms with Gasteiger partial charge in [-0.1, -0.05) is 6.07 Å². The van der Waals surface area contributed by atoms with Crippen LogP contribution in [0.2, 0.25) is 0 Å². The molecule has 0 aromatic heterocycles. The van der Waals surface area contributed by atoms with Crippen LogP contribution in [0.4, 0.5) is 13.2 Å². The van der Waals surface area contributed by atoms with E-state index < -0.39 is 17.5 Å². The summed E-state index contributed by atoms with van der Waals surface area (Å²) in [5.41, 5.74) is 0.968. The molecule has 2 rings (SSSR count). The van der Waals surface area contributed by atoms with Gasteiger partial charge in [-0.3, -0.25) is 4.79 Å². The van der Waals surface area contributed by atoms with E-state index >= 15 is 0 Å². The van der Waals surface area contributed by atoms with E-state index in [1.54, 1.807) is 6.07 Å². The number of benzene rings is 2. The molecule has 0 saturated carbocycles. The highest BCUT2D eigenvalue weighted by molar-refractivity contribution is 5.78. The third kappa shape index (κ3) is 5.02. The predicted molar refractivity (Wildman–Crippen MR) is 79.7 cm³/mol. The average Bonchev–Trinajstić information content (AvgIpc) is 2.46. The second-order valence-corrected chi connectivity index (χ2v) is 5.02. The molecule has 0 atom stereocenters. The van der Waals surface area contributed by atoms with Crippen LogP contribution in [-0.4, -0.2) is 19.6 Å². The monoisotopic (exact) mass is 323 g/mol. The third-order valence-corrected chi connectivity index (χ3v) is 3.24. The van der Waals surface area contributed by atoms with Gasteiger partial charge in [-0.2, -0.15) is 0 Å².